The summed E-state index contributed by atoms with van der Waals surface area (Å²) in [7, 11) is 4.81. The van der Waals surface area contributed by atoms with Crippen LogP contribution in [0.15, 0.2) is 18.2 Å². The minimum absolute atomic E-state index is 0.0310. The van der Waals surface area contributed by atoms with Crippen molar-refractivity contribution in [3.8, 4) is 11.5 Å². The van der Waals surface area contributed by atoms with Crippen LogP contribution in [0.3, 0.4) is 0 Å². The zero-order chi connectivity index (χ0) is 20.8. The average Bonchev–Trinajstić information content (AvgIpc) is 3.12. The highest BCUT2D eigenvalue weighted by Gasteiger charge is 2.35. The van der Waals surface area contributed by atoms with Gasteiger partial charge in [0, 0.05) is 51.9 Å². The third-order valence-corrected chi connectivity index (χ3v) is 6.56. The molecule has 1 unspecified atom stereocenters. The molecule has 3 rings (SSSR count). The molecule has 1 aromatic rings. The molecule has 2 aliphatic heterocycles. The molecule has 0 spiro atoms. The van der Waals surface area contributed by atoms with Crippen molar-refractivity contribution in [2.45, 2.75) is 5.37 Å². The predicted molar refractivity (Wildman–Crippen MR) is 111 cm³/mol. The standard InChI is InChI=1S/C20H29N3O5S/c1-26-13-18(24)22-9-6-21(7-10-22)8-11-23-19(25)14-29-20(23)16-12-15(27-2)4-5-17(16)28-3/h4-5,12,20H,6-11,13-14H2,1-3H3. The SMILES string of the molecule is COCC(=O)N1CCN(CCN2C(=O)CSC2c2cc(OC)ccc2OC)CC1. The summed E-state index contributed by atoms with van der Waals surface area (Å²) in [4.78, 5) is 30.5. The number of amides is 2. The van der Waals surface area contributed by atoms with Crippen LogP contribution in [0.25, 0.3) is 0 Å². The van der Waals surface area contributed by atoms with Gasteiger partial charge in [0.2, 0.25) is 11.8 Å². The number of carbonyl (C=O) groups excluding carboxylic acids is 2. The second kappa shape index (κ2) is 10.2. The van der Waals surface area contributed by atoms with Gasteiger partial charge < -0.3 is 24.0 Å². The lowest BCUT2D eigenvalue weighted by molar-refractivity contribution is -0.136. The van der Waals surface area contributed by atoms with Crippen molar-refractivity contribution in [2.24, 2.45) is 0 Å². The van der Waals surface area contributed by atoms with Gasteiger partial charge in [-0.25, -0.2) is 0 Å². The fraction of sp³-hybridized carbons (Fsp3) is 0.600. The number of piperazine rings is 1. The first-order valence-corrected chi connectivity index (χ1v) is 10.7. The van der Waals surface area contributed by atoms with Gasteiger partial charge in [-0.2, -0.15) is 0 Å². The second-order valence-electron chi connectivity index (χ2n) is 7.01. The van der Waals surface area contributed by atoms with Crippen LogP contribution in [0.1, 0.15) is 10.9 Å². The summed E-state index contributed by atoms with van der Waals surface area (Å²) in [6.07, 6.45) is 0. The zero-order valence-electron chi connectivity index (χ0n) is 17.3. The summed E-state index contributed by atoms with van der Waals surface area (Å²) in [5, 5.41) is -0.0860. The molecule has 2 heterocycles. The van der Waals surface area contributed by atoms with E-state index in [4.69, 9.17) is 14.2 Å². The van der Waals surface area contributed by atoms with E-state index in [2.05, 4.69) is 4.90 Å². The Balaban J connectivity index is 1.60. The zero-order valence-corrected chi connectivity index (χ0v) is 18.1. The van der Waals surface area contributed by atoms with Gasteiger partial charge in [0.25, 0.3) is 0 Å². The number of thioether (sulfide) groups is 1. The molecule has 29 heavy (non-hydrogen) atoms. The monoisotopic (exact) mass is 423 g/mol. The van der Waals surface area contributed by atoms with Gasteiger partial charge in [-0.1, -0.05) is 0 Å². The van der Waals surface area contributed by atoms with Crippen molar-refractivity contribution in [1.82, 2.24) is 14.7 Å². The molecule has 2 aliphatic rings. The van der Waals surface area contributed by atoms with E-state index < -0.39 is 0 Å². The minimum Gasteiger partial charge on any atom is -0.497 e. The average molecular weight is 424 g/mol. The van der Waals surface area contributed by atoms with Gasteiger partial charge in [0.05, 0.1) is 20.0 Å². The molecule has 1 aromatic carbocycles. The second-order valence-corrected chi connectivity index (χ2v) is 8.08. The van der Waals surface area contributed by atoms with E-state index >= 15 is 0 Å². The fourth-order valence-corrected chi connectivity index (χ4v) is 4.90. The highest BCUT2D eigenvalue weighted by atomic mass is 32.2. The number of nitrogens with zero attached hydrogens (tertiary/aromatic N) is 3. The lowest BCUT2D eigenvalue weighted by atomic mass is 10.1. The molecule has 8 nitrogen and oxygen atoms in total. The van der Waals surface area contributed by atoms with E-state index in [0.717, 1.165) is 36.7 Å². The molecule has 0 saturated carbocycles. The third-order valence-electron chi connectivity index (χ3n) is 5.32. The van der Waals surface area contributed by atoms with Crippen LogP contribution < -0.4 is 9.47 Å². The summed E-state index contributed by atoms with van der Waals surface area (Å²) in [5.74, 6) is 2.14. The molecule has 2 saturated heterocycles. The largest absolute Gasteiger partial charge is 0.497 e. The van der Waals surface area contributed by atoms with Crippen LogP contribution in [0, 0.1) is 0 Å². The van der Waals surface area contributed by atoms with Gasteiger partial charge in [-0.05, 0) is 18.2 Å². The number of benzene rings is 1. The highest BCUT2D eigenvalue weighted by Crippen LogP contribution is 2.43. The summed E-state index contributed by atoms with van der Waals surface area (Å²) < 4.78 is 15.8. The van der Waals surface area contributed by atoms with Gasteiger partial charge >= 0.3 is 0 Å². The Morgan fingerprint density at radius 2 is 1.86 bits per heavy atom. The van der Waals surface area contributed by atoms with Crippen LogP contribution in [0.2, 0.25) is 0 Å². The van der Waals surface area contributed by atoms with E-state index in [-0.39, 0.29) is 23.8 Å². The maximum Gasteiger partial charge on any atom is 0.248 e. The van der Waals surface area contributed by atoms with Gasteiger partial charge in [-0.15, -0.1) is 11.8 Å². The fourth-order valence-electron chi connectivity index (χ4n) is 3.67. The highest BCUT2D eigenvalue weighted by molar-refractivity contribution is 8.00. The Kier molecular flexibility index (Phi) is 7.63. The molecule has 0 aliphatic carbocycles. The molecule has 0 aromatic heterocycles. The summed E-state index contributed by atoms with van der Waals surface area (Å²) in [6, 6.07) is 5.69. The van der Waals surface area contributed by atoms with Crippen LogP contribution in [-0.4, -0.2) is 99.5 Å². The lowest BCUT2D eigenvalue weighted by Crippen LogP contribution is -2.51. The maximum atomic E-state index is 12.5. The van der Waals surface area contributed by atoms with Gasteiger partial charge in [-0.3, -0.25) is 14.5 Å². The number of rotatable bonds is 8. The molecule has 2 fully saturated rings. The smallest absolute Gasteiger partial charge is 0.248 e. The van der Waals surface area contributed by atoms with Crippen molar-refractivity contribution in [1.29, 1.82) is 0 Å². The van der Waals surface area contributed by atoms with E-state index in [0.29, 0.717) is 25.4 Å². The van der Waals surface area contributed by atoms with Crippen molar-refractivity contribution in [3.63, 3.8) is 0 Å². The third kappa shape index (κ3) is 5.15. The van der Waals surface area contributed by atoms with E-state index in [1.165, 1.54) is 7.11 Å². The number of carbonyl (C=O) groups is 2. The van der Waals surface area contributed by atoms with Gasteiger partial charge in [0.15, 0.2) is 0 Å². The molecule has 0 bridgehead atoms. The molecule has 0 radical (unpaired) electrons. The summed E-state index contributed by atoms with van der Waals surface area (Å²) in [6.45, 7) is 4.54. The molecule has 0 N–H and O–H groups in total. The summed E-state index contributed by atoms with van der Waals surface area (Å²) in [5.41, 5.74) is 0.956. The number of methoxy groups -OCH3 is 3. The number of hydrogen-bond donors (Lipinski definition) is 0. The van der Waals surface area contributed by atoms with Crippen LogP contribution in [-0.2, 0) is 14.3 Å². The Labute approximate surface area is 176 Å². The molecule has 160 valence electrons. The first-order valence-electron chi connectivity index (χ1n) is 9.69. The Morgan fingerprint density at radius 3 is 2.52 bits per heavy atom. The number of ether oxygens (including phenoxy) is 3. The Hall–Kier alpha value is -1.97. The van der Waals surface area contributed by atoms with Crippen LogP contribution in [0.4, 0.5) is 0 Å². The molecule has 9 heteroatoms. The van der Waals surface area contributed by atoms with Crippen LogP contribution in [0.5, 0.6) is 11.5 Å². The van der Waals surface area contributed by atoms with Crippen molar-refractivity contribution < 1.29 is 23.8 Å². The molecule has 1 atom stereocenters. The Bertz CT molecular complexity index is 724. The molecule has 2 amide bonds. The first-order chi connectivity index (χ1) is 14.1. The van der Waals surface area contributed by atoms with Gasteiger partial charge in [0.1, 0.15) is 23.5 Å². The minimum atomic E-state index is -0.0860. The molecular weight excluding hydrogens is 394 g/mol. The number of hydrogen-bond acceptors (Lipinski definition) is 7. The van der Waals surface area contributed by atoms with Crippen molar-refractivity contribution >= 4 is 23.6 Å². The van der Waals surface area contributed by atoms with E-state index in [9.17, 15) is 9.59 Å². The maximum absolute atomic E-state index is 12.5. The van der Waals surface area contributed by atoms with E-state index in [1.807, 2.05) is 28.0 Å². The van der Waals surface area contributed by atoms with Crippen molar-refractivity contribution in [2.75, 3.05) is 73.0 Å². The quantitative estimate of drug-likeness (QED) is 0.619. The predicted octanol–water partition coefficient (Wildman–Crippen LogP) is 1.07. The Morgan fingerprint density at radius 1 is 1.10 bits per heavy atom. The lowest BCUT2D eigenvalue weighted by Gasteiger charge is -2.36. The normalized spacial score (nSPS) is 20.2. The topological polar surface area (TPSA) is 71.6 Å². The first kappa shape index (κ1) is 21.7. The molecular formula is C20H29N3O5S. The summed E-state index contributed by atoms with van der Waals surface area (Å²) >= 11 is 1.61. The van der Waals surface area contributed by atoms with Crippen molar-refractivity contribution in [3.05, 3.63) is 23.8 Å². The van der Waals surface area contributed by atoms with Crippen LogP contribution >= 0.6 is 11.8 Å². The van der Waals surface area contributed by atoms with E-state index in [1.54, 1.807) is 26.0 Å².